The van der Waals surface area contributed by atoms with Gasteiger partial charge in [-0.3, -0.25) is 33.7 Å². The quantitative estimate of drug-likeness (QED) is 0.0979. The van der Waals surface area contributed by atoms with E-state index in [4.69, 9.17) is 19.4 Å². The van der Waals surface area contributed by atoms with E-state index in [9.17, 15) is 9.59 Å². The smallest absolute Gasteiger partial charge is 0.279 e. The molecule has 372 valence electrons. The van der Waals surface area contributed by atoms with Crippen LogP contribution in [0.2, 0.25) is 0 Å². The number of hydrogen-bond acceptors (Lipinski definition) is 13. The highest BCUT2D eigenvalue weighted by atomic mass is 16.5. The number of aromatic amines is 2. The van der Waals surface area contributed by atoms with E-state index in [2.05, 4.69) is 104 Å². The van der Waals surface area contributed by atoms with Crippen LogP contribution in [0.4, 0.5) is 0 Å². The molecule has 0 aliphatic carbocycles. The summed E-state index contributed by atoms with van der Waals surface area (Å²) in [6.07, 6.45) is 5.88. The molecule has 2 N–H and O–H groups in total. The Balaban J connectivity index is 0.000000193. The zero-order valence-corrected chi connectivity index (χ0v) is 42.3. The average molecular weight is 954 g/mol. The average Bonchev–Trinajstić information content (AvgIpc) is 3.91. The van der Waals surface area contributed by atoms with E-state index < -0.39 is 0 Å². The second-order valence-corrected chi connectivity index (χ2v) is 18.4. The Bertz CT molecular complexity index is 2950. The lowest BCUT2D eigenvalue weighted by Gasteiger charge is -2.34. The summed E-state index contributed by atoms with van der Waals surface area (Å²) < 4.78 is 15.5. The molecule has 0 amide bonds. The molecule has 7 aromatic rings. The van der Waals surface area contributed by atoms with Crippen molar-refractivity contribution in [2.75, 3.05) is 79.2 Å². The summed E-state index contributed by atoms with van der Waals surface area (Å²) in [6.45, 7) is 23.6. The Morgan fingerprint density at radius 1 is 0.643 bits per heavy atom. The first-order valence-electron chi connectivity index (χ1n) is 25.3. The van der Waals surface area contributed by atoms with Gasteiger partial charge in [0.15, 0.2) is 11.0 Å². The first-order chi connectivity index (χ1) is 34.1. The normalized spacial score (nSPS) is 15.1. The summed E-state index contributed by atoms with van der Waals surface area (Å²) in [5.41, 5.74) is 8.61. The van der Waals surface area contributed by atoms with Crippen LogP contribution in [0.25, 0.3) is 44.8 Å². The SMILES string of the molecule is CCCOc1ccc(CN2CCN(CC)CC2)cc1-c1nc2c(CC)n(CCc3ccccn3)nc2c(=O)[nH]1.CCCc1nn(C)c2c(=O)[nH]c(-c3cc(CN4CCN(C)CC4)ccc3OCC)nc12. The first kappa shape index (κ1) is 50.1. The van der Waals surface area contributed by atoms with Crippen molar-refractivity contribution in [3.05, 3.63) is 110 Å². The topological polar surface area (TPSA) is 171 Å². The number of ether oxygens (including phenoxy) is 2. The maximum Gasteiger partial charge on any atom is 0.279 e. The maximum atomic E-state index is 13.3. The molecule has 5 aromatic heterocycles. The molecule has 0 saturated carbocycles. The summed E-state index contributed by atoms with van der Waals surface area (Å²) in [7, 11) is 3.95. The fourth-order valence-corrected chi connectivity index (χ4v) is 9.40. The van der Waals surface area contributed by atoms with Gasteiger partial charge in [-0.05, 0) is 87.3 Å². The zero-order chi connectivity index (χ0) is 49.1. The second-order valence-electron chi connectivity index (χ2n) is 18.4. The lowest BCUT2D eigenvalue weighted by Crippen LogP contribution is -2.45. The lowest BCUT2D eigenvalue weighted by molar-refractivity contribution is 0.132. The second kappa shape index (κ2) is 23.6. The molecule has 2 fully saturated rings. The third kappa shape index (κ3) is 11.8. The number of aryl methyl sites for hydroxylation is 5. The number of pyridine rings is 1. The number of nitrogens with zero attached hydrogens (tertiary/aromatic N) is 11. The highest BCUT2D eigenvalue weighted by Crippen LogP contribution is 2.32. The third-order valence-electron chi connectivity index (χ3n) is 13.3. The van der Waals surface area contributed by atoms with Gasteiger partial charge in [-0.15, -0.1) is 0 Å². The minimum Gasteiger partial charge on any atom is -0.493 e. The lowest BCUT2D eigenvalue weighted by atomic mass is 10.1. The first-order valence-corrected chi connectivity index (χ1v) is 25.3. The highest BCUT2D eigenvalue weighted by Gasteiger charge is 2.22. The van der Waals surface area contributed by atoms with E-state index in [-0.39, 0.29) is 11.1 Å². The summed E-state index contributed by atoms with van der Waals surface area (Å²) >= 11 is 0. The van der Waals surface area contributed by atoms with Crippen molar-refractivity contribution in [3.63, 3.8) is 0 Å². The van der Waals surface area contributed by atoms with Crippen molar-refractivity contribution < 1.29 is 9.47 Å². The molecule has 7 heterocycles. The Morgan fingerprint density at radius 3 is 1.87 bits per heavy atom. The van der Waals surface area contributed by atoms with Gasteiger partial charge in [0.1, 0.15) is 34.2 Å². The van der Waals surface area contributed by atoms with Crippen molar-refractivity contribution in [3.8, 4) is 34.3 Å². The molecule has 0 spiro atoms. The Labute approximate surface area is 410 Å². The van der Waals surface area contributed by atoms with Crippen LogP contribution in [0.5, 0.6) is 11.5 Å². The van der Waals surface area contributed by atoms with Crippen molar-refractivity contribution in [1.29, 1.82) is 0 Å². The molecule has 2 aromatic carbocycles. The summed E-state index contributed by atoms with van der Waals surface area (Å²) in [5, 5.41) is 9.18. The van der Waals surface area contributed by atoms with E-state index in [1.807, 2.05) is 41.9 Å². The number of piperazine rings is 2. The van der Waals surface area contributed by atoms with Crippen LogP contribution in [0, 0.1) is 0 Å². The van der Waals surface area contributed by atoms with Crippen LogP contribution in [0.15, 0.2) is 70.4 Å². The van der Waals surface area contributed by atoms with Gasteiger partial charge in [-0.1, -0.05) is 52.3 Å². The van der Waals surface area contributed by atoms with Crippen LogP contribution in [-0.2, 0) is 45.9 Å². The van der Waals surface area contributed by atoms with Gasteiger partial charge in [0.2, 0.25) is 0 Å². The fourth-order valence-electron chi connectivity index (χ4n) is 9.40. The minimum absolute atomic E-state index is 0.177. The Kier molecular flexibility index (Phi) is 16.9. The molecule has 17 heteroatoms. The molecule has 0 bridgehead atoms. The van der Waals surface area contributed by atoms with Gasteiger partial charge in [0.25, 0.3) is 11.1 Å². The number of likely N-dealkylation sites (N-methyl/N-ethyl adjacent to an activating group) is 2. The molecule has 0 atom stereocenters. The molecule has 2 aliphatic heterocycles. The van der Waals surface area contributed by atoms with Crippen molar-refractivity contribution >= 4 is 22.1 Å². The van der Waals surface area contributed by atoms with E-state index >= 15 is 0 Å². The summed E-state index contributed by atoms with van der Waals surface area (Å²) in [6, 6.07) is 18.4. The largest absolute Gasteiger partial charge is 0.493 e. The summed E-state index contributed by atoms with van der Waals surface area (Å²) in [5.74, 6) is 2.52. The van der Waals surface area contributed by atoms with E-state index in [0.29, 0.717) is 53.5 Å². The van der Waals surface area contributed by atoms with Gasteiger partial charge < -0.3 is 29.2 Å². The molecular weight excluding hydrogens is 883 g/mol. The zero-order valence-electron chi connectivity index (χ0n) is 42.3. The number of nitrogens with one attached hydrogen (secondary N) is 2. The van der Waals surface area contributed by atoms with Crippen LogP contribution in [0.3, 0.4) is 0 Å². The maximum absolute atomic E-state index is 13.3. The number of hydrogen-bond donors (Lipinski definition) is 2. The van der Waals surface area contributed by atoms with Gasteiger partial charge in [-0.25, -0.2) is 9.97 Å². The molecule has 9 rings (SSSR count). The molecule has 70 heavy (non-hydrogen) atoms. The summed E-state index contributed by atoms with van der Waals surface area (Å²) in [4.78, 5) is 56.2. The highest BCUT2D eigenvalue weighted by molar-refractivity contribution is 5.81. The van der Waals surface area contributed by atoms with Crippen LogP contribution in [-0.4, -0.2) is 143 Å². The monoisotopic (exact) mass is 954 g/mol. The van der Waals surface area contributed by atoms with Crippen LogP contribution < -0.4 is 20.6 Å². The van der Waals surface area contributed by atoms with Crippen molar-refractivity contribution in [2.45, 2.75) is 86.4 Å². The third-order valence-corrected chi connectivity index (χ3v) is 13.3. The minimum atomic E-state index is -0.233. The van der Waals surface area contributed by atoms with Crippen molar-refractivity contribution in [1.82, 2.24) is 64.1 Å². The van der Waals surface area contributed by atoms with Crippen LogP contribution in [0.1, 0.15) is 75.7 Å². The predicted molar refractivity (Wildman–Crippen MR) is 277 cm³/mol. The van der Waals surface area contributed by atoms with Gasteiger partial charge >= 0.3 is 0 Å². The number of rotatable bonds is 18. The molecule has 17 nitrogen and oxygen atoms in total. The number of H-pyrrole nitrogens is 2. The van der Waals surface area contributed by atoms with E-state index in [0.717, 1.165) is 144 Å². The van der Waals surface area contributed by atoms with Gasteiger partial charge in [0, 0.05) is 97.4 Å². The molecular formula is C53H71N13O4. The molecule has 2 aliphatic rings. The predicted octanol–water partition coefficient (Wildman–Crippen LogP) is 6.34. The molecule has 0 radical (unpaired) electrons. The number of benzene rings is 2. The van der Waals surface area contributed by atoms with E-state index in [1.165, 1.54) is 11.1 Å². The number of aromatic nitrogens is 9. The van der Waals surface area contributed by atoms with E-state index in [1.54, 1.807) is 17.9 Å². The van der Waals surface area contributed by atoms with Gasteiger partial charge in [-0.2, -0.15) is 10.2 Å². The van der Waals surface area contributed by atoms with Gasteiger partial charge in [0.05, 0.1) is 35.7 Å². The standard InChI is InChI=1S/C30H39N7O2.C23H32N6O2/c1-4-19-39-26-11-10-22(21-36-17-15-35(6-3)16-18-36)20-24(26)29-32-27-25(5-2)37(34-28(27)30(38)33-29)14-12-23-9-7-8-13-31-23;1-5-7-18-20-21(28(4)26-18)23(30)25-22(24-20)17-14-16(8-9-19(17)31-6-2)15-29-12-10-27(3)11-13-29/h7-11,13,20H,4-6,12,14-19,21H2,1-3H3,(H,32,33,38);8-9,14H,5-7,10-13,15H2,1-4H3,(H,24,25,30). The molecule has 0 unspecified atom stereocenters. The van der Waals surface area contributed by atoms with Crippen molar-refractivity contribution in [2.24, 2.45) is 7.05 Å². The number of fused-ring (bicyclic) bond motifs is 2. The molecule has 2 saturated heterocycles. The Hall–Kier alpha value is -6.27. The fraction of sp³-hybridized carbons (Fsp3) is 0.491. The van der Waals surface area contributed by atoms with Crippen LogP contribution >= 0.6 is 0 Å². The Morgan fingerprint density at radius 2 is 1.27 bits per heavy atom.